The average Bonchev–Trinajstić information content (AvgIpc) is 2.44. The van der Waals surface area contributed by atoms with Crippen LogP contribution in [0.2, 0.25) is 0 Å². The van der Waals surface area contributed by atoms with Crippen LogP contribution in [0.3, 0.4) is 0 Å². The molecule has 104 valence electrons. The van der Waals surface area contributed by atoms with Crippen molar-refractivity contribution in [1.82, 2.24) is 0 Å². The number of carbonyl (C=O) groups is 3. The molecule has 0 saturated heterocycles. The Bertz CT molecular complexity index is 524. The Morgan fingerprint density at radius 3 is 1.95 bits per heavy atom. The Hall–Kier alpha value is -2.53. The third kappa shape index (κ3) is 5.41. The molecule has 5 heteroatoms. The fourth-order valence-electron chi connectivity index (χ4n) is 1.41. The van der Waals surface area contributed by atoms with Gasteiger partial charge in [0.25, 0.3) is 0 Å². The lowest BCUT2D eigenvalue weighted by Gasteiger charge is -2.04. The summed E-state index contributed by atoms with van der Waals surface area (Å²) in [4.78, 5) is 31.0. The Morgan fingerprint density at radius 1 is 1.05 bits per heavy atom. The highest BCUT2D eigenvalue weighted by molar-refractivity contribution is 6.46. The Balaban J connectivity index is 0.000000217. The molecule has 0 aliphatic heterocycles. The Morgan fingerprint density at radius 2 is 1.55 bits per heavy atom. The first-order chi connectivity index (χ1) is 9.50. The summed E-state index contributed by atoms with van der Waals surface area (Å²) in [6, 6.07) is 8.54. The van der Waals surface area contributed by atoms with Crippen LogP contribution in [0.1, 0.15) is 5.56 Å². The second-order valence-corrected chi connectivity index (χ2v) is 4.08. The summed E-state index contributed by atoms with van der Waals surface area (Å²) in [7, 11) is 0. The van der Waals surface area contributed by atoms with Gasteiger partial charge in [-0.2, -0.15) is 0 Å². The third-order valence-corrected chi connectivity index (χ3v) is 2.46. The maximum atomic E-state index is 10.4. The summed E-state index contributed by atoms with van der Waals surface area (Å²) in [5.41, 5.74) is 6.30. The van der Waals surface area contributed by atoms with Crippen molar-refractivity contribution < 1.29 is 19.5 Å². The van der Waals surface area contributed by atoms with Crippen LogP contribution in [0.4, 0.5) is 0 Å². The van der Waals surface area contributed by atoms with E-state index >= 15 is 0 Å². The van der Waals surface area contributed by atoms with E-state index in [1.807, 2.05) is 30.3 Å². The normalized spacial score (nSPS) is 14.4. The number of benzene rings is 1. The lowest BCUT2D eigenvalue weighted by atomic mass is 10.1. The zero-order valence-electron chi connectivity index (χ0n) is 10.7. The summed E-state index contributed by atoms with van der Waals surface area (Å²) in [6.07, 6.45) is 5.98. The van der Waals surface area contributed by atoms with Gasteiger partial charge in [-0.3, -0.25) is 14.4 Å². The molecule has 3 N–H and O–H groups in total. The monoisotopic (exact) mass is 273 g/mol. The maximum Gasteiger partial charge on any atom is 0.320 e. The second kappa shape index (κ2) is 7.81. The first-order valence-corrected chi connectivity index (χ1v) is 5.96. The number of carboxylic acid groups (broad SMARTS) is 1. The minimum absolute atomic E-state index is 0.385. The van der Waals surface area contributed by atoms with Crippen molar-refractivity contribution in [2.45, 2.75) is 12.5 Å². The molecule has 2 rings (SSSR count). The zero-order chi connectivity index (χ0) is 15.0. The summed E-state index contributed by atoms with van der Waals surface area (Å²) < 4.78 is 0. The molecule has 0 bridgehead atoms. The van der Waals surface area contributed by atoms with Crippen LogP contribution >= 0.6 is 0 Å². The van der Waals surface area contributed by atoms with E-state index in [0.29, 0.717) is 6.42 Å². The number of hydrogen-bond acceptors (Lipinski definition) is 4. The molecule has 0 aromatic heterocycles. The summed E-state index contributed by atoms with van der Waals surface area (Å²) in [5.74, 6) is -1.83. The molecule has 1 unspecified atom stereocenters. The van der Waals surface area contributed by atoms with E-state index in [0.717, 1.165) is 5.56 Å². The number of aliphatic carboxylic acids is 1. The molecule has 5 nitrogen and oxygen atoms in total. The van der Waals surface area contributed by atoms with Crippen molar-refractivity contribution in [2.24, 2.45) is 5.73 Å². The topological polar surface area (TPSA) is 97.5 Å². The lowest BCUT2D eigenvalue weighted by Crippen LogP contribution is -2.32. The number of carboxylic acids is 1. The maximum absolute atomic E-state index is 10.4. The molecule has 0 radical (unpaired) electrons. The molecule has 0 fully saturated rings. The van der Waals surface area contributed by atoms with Crippen molar-refractivity contribution in [1.29, 1.82) is 0 Å². The molecule has 1 aliphatic carbocycles. The van der Waals surface area contributed by atoms with Gasteiger partial charge in [0.15, 0.2) is 0 Å². The summed E-state index contributed by atoms with van der Waals surface area (Å²) in [6.45, 7) is 0. The predicted octanol–water partition coefficient (Wildman–Crippen LogP) is 0.892. The van der Waals surface area contributed by atoms with Gasteiger partial charge in [0.05, 0.1) is 0 Å². The van der Waals surface area contributed by atoms with Crippen LogP contribution in [-0.4, -0.2) is 28.7 Å². The van der Waals surface area contributed by atoms with Gasteiger partial charge < -0.3 is 10.8 Å². The van der Waals surface area contributed by atoms with Crippen LogP contribution in [-0.2, 0) is 20.8 Å². The van der Waals surface area contributed by atoms with Gasteiger partial charge in [-0.1, -0.05) is 42.5 Å². The first-order valence-electron chi connectivity index (χ1n) is 5.96. The molecular weight excluding hydrogens is 258 g/mol. The van der Waals surface area contributed by atoms with Gasteiger partial charge in [0, 0.05) is 0 Å². The Kier molecular flexibility index (Phi) is 6.06. The predicted molar refractivity (Wildman–Crippen MR) is 74.1 cm³/mol. The minimum atomic E-state index is -0.959. The Labute approximate surface area is 116 Å². The van der Waals surface area contributed by atoms with Crippen LogP contribution in [0, 0.1) is 0 Å². The molecule has 1 aromatic rings. The summed E-state index contributed by atoms with van der Waals surface area (Å²) in [5, 5.41) is 8.52. The molecule has 0 spiro atoms. The molecule has 0 amide bonds. The van der Waals surface area contributed by atoms with E-state index in [9.17, 15) is 14.4 Å². The van der Waals surface area contributed by atoms with Crippen molar-refractivity contribution >= 4 is 17.5 Å². The first kappa shape index (κ1) is 15.5. The highest BCUT2D eigenvalue weighted by Gasteiger charge is 2.11. The largest absolute Gasteiger partial charge is 0.480 e. The molecular formula is C15H15NO4. The zero-order valence-corrected chi connectivity index (χ0v) is 10.7. The highest BCUT2D eigenvalue weighted by Crippen LogP contribution is 2.01. The van der Waals surface area contributed by atoms with Crippen LogP contribution in [0.25, 0.3) is 0 Å². The molecule has 0 saturated carbocycles. The van der Waals surface area contributed by atoms with Gasteiger partial charge in [0.2, 0.25) is 11.6 Å². The number of rotatable bonds is 3. The van der Waals surface area contributed by atoms with Crippen LogP contribution in [0.15, 0.2) is 54.6 Å². The third-order valence-electron chi connectivity index (χ3n) is 2.46. The minimum Gasteiger partial charge on any atom is -0.480 e. The molecule has 1 aliphatic rings. The molecule has 1 aromatic carbocycles. The van der Waals surface area contributed by atoms with E-state index in [1.54, 1.807) is 12.2 Å². The van der Waals surface area contributed by atoms with E-state index in [-0.39, 0.29) is 0 Å². The number of hydrogen-bond donors (Lipinski definition) is 2. The average molecular weight is 273 g/mol. The second-order valence-electron chi connectivity index (χ2n) is 4.08. The van der Waals surface area contributed by atoms with Crippen molar-refractivity contribution in [2.75, 3.05) is 0 Å². The highest BCUT2D eigenvalue weighted by atomic mass is 16.4. The molecule has 1 atom stereocenters. The van der Waals surface area contributed by atoms with Crippen molar-refractivity contribution in [3.05, 3.63) is 60.2 Å². The van der Waals surface area contributed by atoms with Crippen LogP contribution in [0.5, 0.6) is 0 Å². The molecule has 20 heavy (non-hydrogen) atoms. The van der Waals surface area contributed by atoms with E-state index in [2.05, 4.69) is 0 Å². The molecule has 0 heterocycles. The van der Waals surface area contributed by atoms with Crippen molar-refractivity contribution in [3.63, 3.8) is 0 Å². The number of carbonyl (C=O) groups excluding carboxylic acids is 2. The quantitative estimate of drug-likeness (QED) is 0.629. The number of allylic oxidation sites excluding steroid dienone is 4. The van der Waals surface area contributed by atoms with Gasteiger partial charge in [-0.05, 0) is 24.1 Å². The number of ketones is 2. The van der Waals surface area contributed by atoms with Gasteiger partial charge in [0.1, 0.15) is 6.04 Å². The smallest absolute Gasteiger partial charge is 0.320 e. The van der Waals surface area contributed by atoms with Crippen molar-refractivity contribution in [3.8, 4) is 0 Å². The van der Waals surface area contributed by atoms with Gasteiger partial charge in [-0.15, -0.1) is 0 Å². The van der Waals surface area contributed by atoms with Gasteiger partial charge >= 0.3 is 5.97 Å². The van der Waals surface area contributed by atoms with Crippen LogP contribution < -0.4 is 5.73 Å². The lowest BCUT2D eigenvalue weighted by molar-refractivity contribution is -0.138. The fraction of sp³-hybridized carbons (Fsp3) is 0.133. The van der Waals surface area contributed by atoms with E-state index < -0.39 is 23.6 Å². The summed E-state index contributed by atoms with van der Waals surface area (Å²) >= 11 is 0. The van der Waals surface area contributed by atoms with Gasteiger partial charge in [-0.25, -0.2) is 0 Å². The SMILES string of the molecule is NC(Cc1ccccc1)C(=O)O.O=C1C=CC=CC1=O. The standard InChI is InChI=1S/C9H11NO2.C6H4O2/c10-8(9(11)12)6-7-4-2-1-3-5-7;7-5-3-1-2-4-6(5)8/h1-5,8H,6,10H2,(H,11,12);1-4H. The van der Waals surface area contributed by atoms with E-state index in [1.165, 1.54) is 12.2 Å². The fourth-order valence-corrected chi connectivity index (χ4v) is 1.41. The number of nitrogens with two attached hydrogens (primary N) is 1. The van der Waals surface area contributed by atoms with E-state index in [4.69, 9.17) is 10.8 Å².